The molecule has 0 radical (unpaired) electrons. The zero-order chi connectivity index (χ0) is 18.9. The third-order valence-corrected chi connectivity index (χ3v) is 8.42. The molecule has 0 unspecified atom stereocenters. The van der Waals surface area contributed by atoms with Gasteiger partial charge in [-0.2, -0.15) is 4.31 Å². The van der Waals surface area contributed by atoms with E-state index < -0.39 is 20.0 Å². The summed E-state index contributed by atoms with van der Waals surface area (Å²) < 4.78 is 53.5. The van der Waals surface area contributed by atoms with Crippen molar-refractivity contribution in [1.82, 2.24) is 14.0 Å². The summed E-state index contributed by atoms with van der Waals surface area (Å²) >= 11 is 1.51. The van der Waals surface area contributed by atoms with Crippen LogP contribution in [-0.4, -0.2) is 39.2 Å². The van der Waals surface area contributed by atoms with Crippen LogP contribution in [0.3, 0.4) is 0 Å². The van der Waals surface area contributed by atoms with E-state index in [2.05, 4.69) is 9.71 Å². The van der Waals surface area contributed by atoms with E-state index >= 15 is 0 Å². The molecule has 1 N–H and O–H groups in total. The van der Waals surface area contributed by atoms with Crippen LogP contribution in [-0.2, 0) is 33.0 Å². The largest absolute Gasteiger partial charge is 0.245 e. The Kier molecular flexibility index (Phi) is 5.50. The number of aromatic nitrogens is 1. The van der Waals surface area contributed by atoms with Crippen LogP contribution in [0.25, 0.3) is 0 Å². The predicted molar refractivity (Wildman–Crippen MR) is 99.9 cm³/mol. The van der Waals surface area contributed by atoms with Crippen LogP contribution >= 0.6 is 11.3 Å². The van der Waals surface area contributed by atoms with Gasteiger partial charge in [-0.1, -0.05) is 6.92 Å². The summed E-state index contributed by atoms with van der Waals surface area (Å²) in [6.45, 7) is 2.17. The highest BCUT2D eigenvalue weighted by Crippen LogP contribution is 2.24. The highest BCUT2D eigenvalue weighted by Gasteiger charge is 2.28. The van der Waals surface area contributed by atoms with Gasteiger partial charge in [-0.15, -0.1) is 11.3 Å². The molecular formula is C16H21N3O4S3. The average Bonchev–Trinajstić information content (AvgIpc) is 3.29. The molecule has 0 spiro atoms. The number of hydrogen-bond acceptors (Lipinski definition) is 6. The lowest BCUT2D eigenvalue weighted by molar-refractivity contribution is 0.462. The van der Waals surface area contributed by atoms with Gasteiger partial charge in [-0.05, 0) is 43.5 Å². The lowest BCUT2D eigenvalue weighted by Gasteiger charge is -2.16. The maximum absolute atomic E-state index is 12.7. The molecule has 1 heterocycles. The summed E-state index contributed by atoms with van der Waals surface area (Å²) in [5, 5.41) is 2.81. The Bertz CT molecular complexity index is 978. The smallest absolute Gasteiger partial charge is 0.243 e. The van der Waals surface area contributed by atoms with Gasteiger partial charge in [0.05, 0.1) is 27.0 Å². The molecule has 0 atom stereocenters. The summed E-state index contributed by atoms with van der Waals surface area (Å²) in [5.41, 5.74) is 0.700. The van der Waals surface area contributed by atoms with E-state index in [9.17, 15) is 16.8 Å². The van der Waals surface area contributed by atoms with Crippen LogP contribution in [0, 0.1) is 0 Å². The molecule has 1 aliphatic carbocycles. The summed E-state index contributed by atoms with van der Waals surface area (Å²) in [7, 11) is -5.83. The van der Waals surface area contributed by atoms with Crippen molar-refractivity contribution in [3.8, 4) is 0 Å². The number of nitrogens with one attached hydrogen (secondary N) is 1. The molecule has 26 heavy (non-hydrogen) atoms. The number of nitrogens with zero attached hydrogens (tertiary/aromatic N) is 2. The third-order valence-electron chi connectivity index (χ3n) is 4.03. The molecule has 1 aliphatic rings. The van der Waals surface area contributed by atoms with Crippen molar-refractivity contribution in [3.05, 3.63) is 40.3 Å². The Morgan fingerprint density at radius 1 is 1.15 bits per heavy atom. The molecule has 0 bridgehead atoms. The van der Waals surface area contributed by atoms with Crippen molar-refractivity contribution in [1.29, 1.82) is 0 Å². The Morgan fingerprint density at radius 3 is 2.31 bits per heavy atom. The molecule has 0 amide bonds. The second-order valence-corrected chi connectivity index (χ2v) is 10.9. The van der Waals surface area contributed by atoms with Gasteiger partial charge in [0.1, 0.15) is 0 Å². The van der Waals surface area contributed by atoms with E-state index in [4.69, 9.17) is 0 Å². The molecule has 2 aromatic rings. The Balaban J connectivity index is 1.75. The van der Waals surface area contributed by atoms with Crippen molar-refractivity contribution in [2.75, 3.05) is 7.05 Å². The first-order valence-corrected chi connectivity index (χ1v) is 12.0. The summed E-state index contributed by atoms with van der Waals surface area (Å²) in [4.78, 5) is 4.50. The van der Waals surface area contributed by atoms with E-state index in [1.807, 2.05) is 12.3 Å². The lowest BCUT2D eigenvalue weighted by Crippen LogP contribution is -2.27. The first-order chi connectivity index (χ1) is 12.2. The standard InChI is InChI=1S/C16H21N3O4S3/c1-3-16-17-13(11-24-16)10-19(2)26(22,23)15-8-6-14(7-9-15)25(20,21)18-12-4-5-12/h6-9,11-12,18H,3-5,10H2,1-2H3. The first-order valence-electron chi connectivity index (χ1n) is 8.24. The number of benzene rings is 1. The zero-order valence-corrected chi connectivity index (χ0v) is 17.0. The molecule has 3 rings (SSSR count). The van der Waals surface area contributed by atoms with Crippen molar-refractivity contribution < 1.29 is 16.8 Å². The minimum atomic E-state index is -3.72. The van der Waals surface area contributed by atoms with Gasteiger partial charge in [-0.3, -0.25) is 0 Å². The molecule has 1 aromatic heterocycles. The summed E-state index contributed by atoms with van der Waals surface area (Å²) in [6, 6.07) is 5.30. The number of hydrogen-bond donors (Lipinski definition) is 1. The van der Waals surface area contributed by atoms with Gasteiger partial charge >= 0.3 is 0 Å². The van der Waals surface area contributed by atoms with E-state index in [0.29, 0.717) is 5.69 Å². The second-order valence-electron chi connectivity index (χ2n) is 6.21. The fourth-order valence-electron chi connectivity index (χ4n) is 2.36. The van der Waals surface area contributed by atoms with E-state index in [0.717, 1.165) is 24.3 Å². The van der Waals surface area contributed by atoms with Crippen LogP contribution in [0.2, 0.25) is 0 Å². The van der Waals surface area contributed by atoms with Gasteiger partial charge in [-0.25, -0.2) is 26.5 Å². The van der Waals surface area contributed by atoms with Gasteiger partial charge in [0.2, 0.25) is 20.0 Å². The molecule has 10 heteroatoms. The fraction of sp³-hybridized carbons (Fsp3) is 0.438. The topological polar surface area (TPSA) is 96.4 Å². The maximum Gasteiger partial charge on any atom is 0.243 e. The summed E-state index contributed by atoms with van der Waals surface area (Å²) in [6.07, 6.45) is 2.49. The van der Waals surface area contributed by atoms with Crippen LogP contribution in [0.5, 0.6) is 0 Å². The molecule has 0 saturated heterocycles. The Hall–Kier alpha value is -1.33. The number of rotatable bonds is 8. The Labute approximate surface area is 158 Å². The van der Waals surface area contributed by atoms with Gasteiger partial charge in [0, 0.05) is 18.5 Å². The monoisotopic (exact) mass is 415 g/mol. The molecule has 1 aromatic carbocycles. The zero-order valence-electron chi connectivity index (χ0n) is 14.5. The SMILES string of the molecule is CCc1nc(CN(C)S(=O)(=O)c2ccc(S(=O)(=O)NC3CC3)cc2)cs1. The summed E-state index contributed by atoms with van der Waals surface area (Å²) in [5.74, 6) is 0. The van der Waals surface area contributed by atoms with Crippen molar-refractivity contribution in [2.45, 2.75) is 48.6 Å². The third kappa shape index (κ3) is 4.32. The van der Waals surface area contributed by atoms with Crippen LogP contribution in [0.4, 0.5) is 0 Å². The quantitative estimate of drug-likeness (QED) is 0.711. The lowest BCUT2D eigenvalue weighted by atomic mass is 10.4. The number of sulfonamides is 2. The van der Waals surface area contributed by atoms with Crippen LogP contribution in [0.15, 0.2) is 39.4 Å². The van der Waals surface area contributed by atoms with Gasteiger partial charge in [0.25, 0.3) is 0 Å². The highest BCUT2D eigenvalue weighted by atomic mass is 32.2. The minimum absolute atomic E-state index is 0.000616. The molecule has 1 saturated carbocycles. The van der Waals surface area contributed by atoms with E-state index in [1.165, 1.54) is 47.0 Å². The van der Waals surface area contributed by atoms with E-state index in [1.54, 1.807) is 0 Å². The van der Waals surface area contributed by atoms with Crippen molar-refractivity contribution in [3.63, 3.8) is 0 Å². The average molecular weight is 416 g/mol. The normalized spacial score (nSPS) is 15.5. The molecule has 1 fully saturated rings. The van der Waals surface area contributed by atoms with E-state index in [-0.39, 0.29) is 22.4 Å². The number of thiazole rings is 1. The highest BCUT2D eigenvalue weighted by molar-refractivity contribution is 7.89. The minimum Gasteiger partial charge on any atom is -0.245 e. The van der Waals surface area contributed by atoms with Crippen molar-refractivity contribution in [2.24, 2.45) is 0 Å². The fourth-order valence-corrected chi connectivity index (χ4v) is 5.54. The molecule has 142 valence electrons. The predicted octanol–water partition coefficient (Wildman–Crippen LogP) is 1.97. The first kappa shape index (κ1) is 19.4. The maximum atomic E-state index is 12.7. The Morgan fingerprint density at radius 2 is 1.77 bits per heavy atom. The van der Waals surface area contributed by atoms with Crippen LogP contribution < -0.4 is 4.72 Å². The van der Waals surface area contributed by atoms with Crippen molar-refractivity contribution >= 4 is 31.4 Å². The molecule has 0 aliphatic heterocycles. The van der Waals surface area contributed by atoms with Crippen LogP contribution in [0.1, 0.15) is 30.5 Å². The number of aryl methyl sites for hydroxylation is 1. The molecule has 7 nitrogen and oxygen atoms in total. The second kappa shape index (κ2) is 7.35. The molecular weight excluding hydrogens is 394 g/mol. The van der Waals surface area contributed by atoms with Gasteiger partial charge < -0.3 is 0 Å². The van der Waals surface area contributed by atoms with Gasteiger partial charge in [0.15, 0.2) is 0 Å².